The Kier molecular flexibility index (Phi) is 4.75. The lowest BCUT2D eigenvalue weighted by atomic mass is 10.3. The molecule has 0 aliphatic rings. The summed E-state index contributed by atoms with van der Waals surface area (Å²) in [5, 5.41) is 10.4. The van der Waals surface area contributed by atoms with Gasteiger partial charge in [-0.1, -0.05) is 0 Å². The molecule has 0 saturated carbocycles. The predicted octanol–water partition coefficient (Wildman–Crippen LogP) is 2.77. The molecule has 0 fully saturated rings. The van der Waals surface area contributed by atoms with Gasteiger partial charge in [-0.3, -0.25) is 10.1 Å². The van der Waals surface area contributed by atoms with Crippen LogP contribution in [-0.2, 0) is 9.84 Å². The summed E-state index contributed by atoms with van der Waals surface area (Å²) >= 11 is 5.81. The monoisotopic (exact) mass is 314 g/mol. The van der Waals surface area contributed by atoms with Crippen LogP contribution in [0.4, 0.5) is 5.69 Å². The predicted molar refractivity (Wildman–Crippen MR) is 67.0 cm³/mol. The molecule has 1 aromatic carbocycles. The highest BCUT2D eigenvalue weighted by Gasteiger charge is 2.21. The topological polar surface area (TPSA) is 89.6 Å². The Morgan fingerprint density at radius 3 is 2.29 bits per heavy atom. The summed E-state index contributed by atoms with van der Waals surface area (Å²) in [6.45, 7) is 0. The van der Waals surface area contributed by atoms with E-state index in [2.05, 4.69) is 4.40 Å². The molecule has 0 saturated heterocycles. The van der Waals surface area contributed by atoms with Crippen LogP contribution in [0.2, 0.25) is 0 Å². The van der Waals surface area contributed by atoms with Gasteiger partial charge in [-0.25, -0.2) is 8.42 Å². The van der Waals surface area contributed by atoms with Gasteiger partial charge in [0, 0.05) is 12.1 Å². The van der Waals surface area contributed by atoms with E-state index in [1.165, 1.54) is 0 Å². The standard InChI is InChI=1S/C7H4Cl2N2O4S2/c8-7(10-16-9)17(14,15)6-3-1-5(2-4-6)11(12)13/h1-4H/b10-7+. The van der Waals surface area contributed by atoms with Crippen molar-refractivity contribution in [3.8, 4) is 0 Å². The van der Waals surface area contributed by atoms with E-state index in [1.54, 1.807) is 0 Å². The first-order chi connectivity index (χ1) is 7.89. The molecule has 0 heterocycles. The zero-order chi connectivity index (χ0) is 13.1. The largest absolute Gasteiger partial charge is 0.269 e. The number of sulfone groups is 1. The lowest BCUT2D eigenvalue weighted by Gasteiger charge is -2.00. The van der Waals surface area contributed by atoms with Crippen LogP contribution >= 0.6 is 33.4 Å². The van der Waals surface area contributed by atoms with Gasteiger partial charge in [0.1, 0.15) is 0 Å². The number of nitrogens with zero attached hydrogens (tertiary/aromatic N) is 2. The molecule has 0 N–H and O–H groups in total. The number of rotatable bonds is 3. The molecule has 17 heavy (non-hydrogen) atoms. The summed E-state index contributed by atoms with van der Waals surface area (Å²) in [6.07, 6.45) is 0. The number of non-ortho nitro benzene ring substituents is 1. The molecule has 0 aliphatic carbocycles. The lowest BCUT2D eigenvalue weighted by Crippen LogP contribution is -2.08. The van der Waals surface area contributed by atoms with Crippen molar-refractivity contribution in [3.63, 3.8) is 0 Å². The van der Waals surface area contributed by atoms with E-state index >= 15 is 0 Å². The summed E-state index contributed by atoms with van der Waals surface area (Å²) in [6, 6.07) is 4.27. The number of nitro groups is 1. The third-order valence-electron chi connectivity index (χ3n) is 1.69. The summed E-state index contributed by atoms with van der Waals surface area (Å²) in [5.41, 5.74) is -0.219. The molecule has 6 nitrogen and oxygen atoms in total. The minimum Gasteiger partial charge on any atom is -0.258 e. The molecule has 0 bridgehead atoms. The molecular weight excluding hydrogens is 311 g/mol. The Bertz CT molecular complexity index is 556. The number of nitro benzene ring substituents is 1. The summed E-state index contributed by atoms with van der Waals surface area (Å²) in [4.78, 5) is 9.55. The van der Waals surface area contributed by atoms with E-state index in [-0.39, 0.29) is 10.6 Å². The summed E-state index contributed by atoms with van der Waals surface area (Å²) in [7, 11) is 1.19. The van der Waals surface area contributed by atoms with Crippen molar-refractivity contribution < 1.29 is 13.3 Å². The number of benzene rings is 1. The maximum atomic E-state index is 11.7. The Balaban J connectivity index is 3.18. The maximum Gasteiger partial charge on any atom is 0.269 e. The van der Waals surface area contributed by atoms with Crippen LogP contribution in [0.5, 0.6) is 0 Å². The van der Waals surface area contributed by atoms with Gasteiger partial charge in [0.05, 0.1) is 21.0 Å². The normalized spacial score (nSPS) is 12.5. The second kappa shape index (κ2) is 5.67. The van der Waals surface area contributed by atoms with E-state index in [0.29, 0.717) is 11.2 Å². The zero-order valence-electron chi connectivity index (χ0n) is 7.91. The Morgan fingerprint density at radius 1 is 1.35 bits per heavy atom. The maximum absolute atomic E-state index is 11.7. The van der Waals surface area contributed by atoms with Crippen LogP contribution in [0.1, 0.15) is 0 Å². The zero-order valence-corrected chi connectivity index (χ0v) is 11.1. The van der Waals surface area contributed by atoms with Crippen molar-refractivity contribution in [2.24, 2.45) is 4.40 Å². The van der Waals surface area contributed by atoms with E-state index in [4.69, 9.17) is 22.3 Å². The van der Waals surface area contributed by atoms with Crippen molar-refractivity contribution in [1.82, 2.24) is 0 Å². The Hall–Kier alpha value is -0.830. The molecule has 0 unspecified atom stereocenters. The first kappa shape index (κ1) is 14.2. The van der Waals surface area contributed by atoms with Gasteiger partial charge in [-0.05, 0) is 34.4 Å². The minimum absolute atomic E-state index is 0.192. The number of halogens is 2. The smallest absolute Gasteiger partial charge is 0.258 e. The van der Waals surface area contributed by atoms with Crippen LogP contribution < -0.4 is 0 Å². The average Bonchev–Trinajstić information content (AvgIpc) is 2.29. The number of hydrogen-bond donors (Lipinski definition) is 0. The van der Waals surface area contributed by atoms with Crippen molar-refractivity contribution in [3.05, 3.63) is 34.4 Å². The van der Waals surface area contributed by atoms with Crippen molar-refractivity contribution in [1.29, 1.82) is 0 Å². The lowest BCUT2D eigenvalue weighted by molar-refractivity contribution is -0.384. The fourth-order valence-corrected chi connectivity index (χ4v) is 2.97. The molecule has 10 heteroatoms. The quantitative estimate of drug-likeness (QED) is 0.281. The van der Waals surface area contributed by atoms with Gasteiger partial charge in [0.25, 0.3) is 5.69 Å². The van der Waals surface area contributed by atoms with Crippen molar-refractivity contribution in [2.45, 2.75) is 4.90 Å². The van der Waals surface area contributed by atoms with Gasteiger partial charge < -0.3 is 0 Å². The molecule has 1 rings (SSSR count). The fourth-order valence-electron chi connectivity index (χ4n) is 0.920. The van der Waals surface area contributed by atoms with Gasteiger partial charge in [-0.2, -0.15) is 4.40 Å². The van der Waals surface area contributed by atoms with Gasteiger partial charge in [0.15, 0.2) is 0 Å². The van der Waals surface area contributed by atoms with Crippen molar-refractivity contribution >= 4 is 53.5 Å². The summed E-state index contributed by atoms with van der Waals surface area (Å²) < 4.78 is 26.0. The van der Waals surface area contributed by atoms with Gasteiger partial charge >= 0.3 is 0 Å². The van der Waals surface area contributed by atoms with Crippen LogP contribution in [0, 0.1) is 10.1 Å². The Morgan fingerprint density at radius 2 is 1.88 bits per heavy atom. The van der Waals surface area contributed by atoms with Crippen molar-refractivity contribution in [2.75, 3.05) is 0 Å². The van der Waals surface area contributed by atoms with E-state index in [1.807, 2.05) is 0 Å². The molecule has 0 amide bonds. The highest BCUT2D eigenvalue weighted by Crippen LogP contribution is 2.21. The van der Waals surface area contributed by atoms with Crippen LogP contribution in [0.25, 0.3) is 0 Å². The summed E-state index contributed by atoms with van der Waals surface area (Å²) in [5.74, 6) is 0. The van der Waals surface area contributed by atoms with Gasteiger partial charge in [0.2, 0.25) is 14.3 Å². The molecule has 0 atom stereocenters. The first-order valence-corrected chi connectivity index (χ1v) is 7.36. The van der Waals surface area contributed by atoms with Crippen LogP contribution in [0.15, 0.2) is 33.6 Å². The highest BCUT2D eigenvalue weighted by molar-refractivity contribution is 8.21. The SMILES string of the molecule is O=[N+]([O-])c1ccc(S(=O)(=O)/C(Cl)=N/SCl)cc1. The molecular formula is C7H4Cl2N2O4S2. The fraction of sp³-hybridized carbons (Fsp3) is 0. The van der Waals surface area contributed by atoms with E-state index < -0.39 is 19.3 Å². The molecule has 92 valence electrons. The Labute approximate surface area is 110 Å². The average molecular weight is 315 g/mol. The molecule has 0 radical (unpaired) electrons. The second-order valence-corrected chi connectivity index (χ2v) is 5.85. The second-order valence-electron chi connectivity index (χ2n) is 2.67. The number of hydrogen-bond acceptors (Lipinski definition) is 6. The molecule has 1 aromatic rings. The highest BCUT2D eigenvalue weighted by atomic mass is 35.7. The third-order valence-corrected chi connectivity index (χ3v) is 4.48. The minimum atomic E-state index is -3.96. The molecule has 0 aliphatic heterocycles. The van der Waals surface area contributed by atoms with E-state index in [0.717, 1.165) is 24.3 Å². The molecule has 0 aromatic heterocycles. The first-order valence-electron chi connectivity index (χ1n) is 3.90. The third kappa shape index (κ3) is 3.32. The molecule has 0 spiro atoms. The van der Waals surface area contributed by atoms with E-state index in [9.17, 15) is 18.5 Å². The van der Waals surface area contributed by atoms with Gasteiger partial charge in [-0.15, -0.1) is 0 Å². The van der Waals surface area contributed by atoms with Crippen LogP contribution in [-0.4, -0.2) is 17.8 Å². The van der Waals surface area contributed by atoms with Crippen LogP contribution in [0.3, 0.4) is 0 Å².